The van der Waals surface area contributed by atoms with Crippen molar-refractivity contribution in [2.24, 2.45) is 0 Å². The molecule has 3 nitrogen and oxygen atoms in total. The molecule has 1 aliphatic rings. The van der Waals surface area contributed by atoms with E-state index in [2.05, 4.69) is 5.32 Å². The van der Waals surface area contributed by atoms with Gasteiger partial charge in [-0.05, 0) is 61.7 Å². The lowest BCUT2D eigenvalue weighted by Gasteiger charge is -2.18. The van der Waals surface area contributed by atoms with E-state index in [4.69, 9.17) is 12.2 Å². The van der Waals surface area contributed by atoms with Gasteiger partial charge in [-0.25, -0.2) is 0 Å². The average molecular weight is 294 g/mol. The minimum absolute atomic E-state index is 0.0627. The number of hydrogen-bond acceptors (Lipinski definition) is 3. The average Bonchev–Trinajstić information content (AvgIpc) is 2.66. The number of thioether (sulfide) groups is 1. The molecular formula is C14H18N2OS2. The summed E-state index contributed by atoms with van der Waals surface area (Å²) in [6.07, 6.45) is 2.85. The first kappa shape index (κ1) is 14.3. The molecule has 0 saturated carbocycles. The van der Waals surface area contributed by atoms with Crippen LogP contribution in [0.25, 0.3) is 0 Å². The predicted molar refractivity (Wildman–Crippen MR) is 85.9 cm³/mol. The Morgan fingerprint density at radius 1 is 1.42 bits per heavy atom. The van der Waals surface area contributed by atoms with Crippen LogP contribution in [0, 0.1) is 13.8 Å². The van der Waals surface area contributed by atoms with E-state index in [1.807, 2.05) is 38.3 Å². The van der Waals surface area contributed by atoms with Gasteiger partial charge in [0, 0.05) is 0 Å². The molecule has 1 aromatic carbocycles. The van der Waals surface area contributed by atoms with Crippen LogP contribution >= 0.6 is 24.0 Å². The Morgan fingerprint density at radius 2 is 2.16 bits per heavy atom. The quantitative estimate of drug-likeness (QED) is 0.865. The maximum absolute atomic E-state index is 12.5. The third-order valence-electron chi connectivity index (χ3n) is 3.45. The van der Waals surface area contributed by atoms with Crippen molar-refractivity contribution in [2.45, 2.75) is 26.3 Å². The number of thiocarbonyl (C=S) groups is 1. The van der Waals surface area contributed by atoms with E-state index >= 15 is 0 Å². The van der Waals surface area contributed by atoms with Gasteiger partial charge in [0.1, 0.15) is 6.04 Å². The zero-order chi connectivity index (χ0) is 14.0. The highest BCUT2D eigenvalue weighted by molar-refractivity contribution is 7.98. The molecule has 1 unspecified atom stereocenters. The molecule has 1 fully saturated rings. The number of nitrogens with one attached hydrogen (secondary N) is 1. The summed E-state index contributed by atoms with van der Waals surface area (Å²) in [7, 11) is 0. The lowest BCUT2D eigenvalue weighted by Crippen LogP contribution is -2.32. The van der Waals surface area contributed by atoms with E-state index in [0.717, 1.165) is 23.4 Å². The Morgan fingerprint density at radius 3 is 2.84 bits per heavy atom. The number of rotatable bonds is 4. The second kappa shape index (κ2) is 5.92. The van der Waals surface area contributed by atoms with Crippen LogP contribution in [0.4, 0.5) is 5.69 Å². The Bertz CT molecular complexity index is 516. The number of anilines is 1. The molecule has 1 atom stereocenters. The number of aryl methyl sites for hydroxylation is 1. The van der Waals surface area contributed by atoms with Crippen molar-refractivity contribution < 1.29 is 4.79 Å². The van der Waals surface area contributed by atoms with Crippen molar-refractivity contribution in [3.05, 3.63) is 29.3 Å². The summed E-state index contributed by atoms with van der Waals surface area (Å²) in [6.45, 7) is 4.07. The number of nitrogens with zero attached hydrogens (tertiary/aromatic N) is 1. The van der Waals surface area contributed by atoms with Crippen LogP contribution in [-0.2, 0) is 4.79 Å². The number of carbonyl (C=O) groups excluding carboxylic acids is 1. The fourth-order valence-electron chi connectivity index (χ4n) is 2.17. The van der Waals surface area contributed by atoms with E-state index in [9.17, 15) is 4.79 Å². The summed E-state index contributed by atoms with van der Waals surface area (Å²) in [6, 6.07) is 5.77. The first-order valence-corrected chi connectivity index (χ1v) is 8.06. The minimum Gasteiger partial charge on any atom is -0.350 e. The zero-order valence-corrected chi connectivity index (χ0v) is 13.0. The molecule has 1 N–H and O–H groups in total. The van der Waals surface area contributed by atoms with Crippen LogP contribution in [-0.4, -0.2) is 29.1 Å². The second-order valence-electron chi connectivity index (χ2n) is 4.68. The normalized spacial score (nSPS) is 18.9. The van der Waals surface area contributed by atoms with Crippen LogP contribution < -0.4 is 10.2 Å². The second-order valence-corrected chi connectivity index (χ2v) is 6.05. The fraction of sp³-hybridized carbons (Fsp3) is 0.429. The summed E-state index contributed by atoms with van der Waals surface area (Å²) in [5.41, 5.74) is 3.17. The van der Waals surface area contributed by atoms with Gasteiger partial charge in [-0.3, -0.25) is 9.69 Å². The van der Waals surface area contributed by atoms with E-state index in [1.165, 1.54) is 5.56 Å². The van der Waals surface area contributed by atoms with Gasteiger partial charge in [0.15, 0.2) is 5.11 Å². The third kappa shape index (κ3) is 2.77. The molecule has 0 radical (unpaired) electrons. The number of hydrogen-bond donors (Lipinski definition) is 1. The summed E-state index contributed by atoms with van der Waals surface area (Å²) in [5, 5.41) is 3.65. The van der Waals surface area contributed by atoms with Crippen LogP contribution in [0.15, 0.2) is 18.2 Å². The molecule has 1 aromatic rings. The van der Waals surface area contributed by atoms with Gasteiger partial charge in [-0.15, -0.1) is 0 Å². The van der Waals surface area contributed by atoms with Gasteiger partial charge in [-0.1, -0.05) is 12.1 Å². The maximum atomic E-state index is 12.5. The van der Waals surface area contributed by atoms with Gasteiger partial charge in [0.2, 0.25) is 0 Å². The van der Waals surface area contributed by atoms with Crippen LogP contribution in [0.2, 0.25) is 0 Å². The molecule has 0 bridgehead atoms. The van der Waals surface area contributed by atoms with Gasteiger partial charge in [0.05, 0.1) is 5.69 Å². The molecule has 0 aromatic heterocycles. The topological polar surface area (TPSA) is 32.3 Å². The van der Waals surface area contributed by atoms with Gasteiger partial charge < -0.3 is 5.32 Å². The van der Waals surface area contributed by atoms with E-state index < -0.39 is 0 Å². The standard InChI is InChI=1S/C14H18N2OS2/c1-9-5-4-6-12(10(9)2)16-13(17)11(7-8-19-3)15-14(16)18/h4-6,11H,7-8H2,1-3H3,(H,15,18). The zero-order valence-electron chi connectivity index (χ0n) is 11.4. The Kier molecular flexibility index (Phi) is 4.47. The van der Waals surface area contributed by atoms with Crippen LogP contribution in [0.1, 0.15) is 17.5 Å². The van der Waals surface area contributed by atoms with Crippen molar-refractivity contribution in [2.75, 3.05) is 16.9 Å². The SMILES string of the molecule is CSCCC1NC(=S)N(c2cccc(C)c2C)C1=O. The highest BCUT2D eigenvalue weighted by Gasteiger charge is 2.36. The maximum Gasteiger partial charge on any atom is 0.255 e. The van der Waals surface area contributed by atoms with Crippen molar-refractivity contribution in [3.63, 3.8) is 0 Å². The van der Waals surface area contributed by atoms with Crippen molar-refractivity contribution in [3.8, 4) is 0 Å². The summed E-state index contributed by atoms with van der Waals surface area (Å²) < 4.78 is 0. The molecule has 5 heteroatoms. The number of benzene rings is 1. The molecule has 2 rings (SSSR count). The molecule has 102 valence electrons. The smallest absolute Gasteiger partial charge is 0.255 e. The molecule has 19 heavy (non-hydrogen) atoms. The molecule has 1 heterocycles. The molecule has 0 spiro atoms. The third-order valence-corrected chi connectivity index (χ3v) is 4.39. The van der Waals surface area contributed by atoms with E-state index in [1.54, 1.807) is 16.7 Å². The lowest BCUT2D eigenvalue weighted by molar-refractivity contribution is -0.118. The largest absolute Gasteiger partial charge is 0.350 e. The molecular weight excluding hydrogens is 276 g/mol. The van der Waals surface area contributed by atoms with Gasteiger partial charge >= 0.3 is 0 Å². The number of carbonyl (C=O) groups is 1. The first-order chi connectivity index (χ1) is 9.06. The molecule has 0 aliphatic carbocycles. The Labute approximate surface area is 123 Å². The fourth-order valence-corrected chi connectivity index (χ4v) is 2.97. The van der Waals surface area contributed by atoms with E-state index in [-0.39, 0.29) is 11.9 Å². The first-order valence-electron chi connectivity index (χ1n) is 6.26. The van der Waals surface area contributed by atoms with Crippen LogP contribution in [0.3, 0.4) is 0 Å². The molecule has 1 aliphatic heterocycles. The van der Waals surface area contributed by atoms with Gasteiger partial charge in [0.25, 0.3) is 5.91 Å². The summed E-state index contributed by atoms with van der Waals surface area (Å²) >= 11 is 7.06. The molecule has 1 saturated heterocycles. The predicted octanol–water partition coefficient (Wildman–Crippen LogP) is 2.65. The van der Waals surface area contributed by atoms with Crippen molar-refractivity contribution in [1.29, 1.82) is 0 Å². The minimum atomic E-state index is -0.181. The lowest BCUT2D eigenvalue weighted by atomic mass is 10.1. The summed E-state index contributed by atoms with van der Waals surface area (Å²) in [5.74, 6) is 1.01. The molecule has 1 amide bonds. The highest BCUT2D eigenvalue weighted by atomic mass is 32.2. The highest BCUT2D eigenvalue weighted by Crippen LogP contribution is 2.26. The monoisotopic (exact) mass is 294 g/mol. The Hall–Kier alpha value is -1.07. The Balaban J connectivity index is 2.27. The van der Waals surface area contributed by atoms with Crippen molar-refractivity contribution >= 4 is 40.7 Å². The van der Waals surface area contributed by atoms with Gasteiger partial charge in [-0.2, -0.15) is 11.8 Å². The number of amides is 1. The van der Waals surface area contributed by atoms with Crippen LogP contribution in [0.5, 0.6) is 0 Å². The van der Waals surface area contributed by atoms with E-state index in [0.29, 0.717) is 5.11 Å². The van der Waals surface area contributed by atoms with Crippen molar-refractivity contribution in [1.82, 2.24) is 5.32 Å². The summed E-state index contributed by atoms with van der Waals surface area (Å²) in [4.78, 5) is 14.1.